The van der Waals surface area contributed by atoms with Crippen LogP contribution in [-0.2, 0) is 12.8 Å². The highest BCUT2D eigenvalue weighted by molar-refractivity contribution is 6.04. The molecule has 0 aliphatic heterocycles. The van der Waals surface area contributed by atoms with E-state index in [1.165, 1.54) is 6.07 Å². The van der Waals surface area contributed by atoms with Crippen molar-refractivity contribution in [2.45, 2.75) is 33.1 Å². The predicted molar refractivity (Wildman–Crippen MR) is 112 cm³/mol. The number of carbonyl (C=O) groups excluding carboxylic acids is 1. The lowest BCUT2D eigenvalue weighted by molar-refractivity contribution is 0.102. The van der Waals surface area contributed by atoms with Gasteiger partial charge in [0.2, 0.25) is 0 Å². The molecule has 0 spiro atoms. The van der Waals surface area contributed by atoms with Gasteiger partial charge in [0.1, 0.15) is 11.5 Å². The third-order valence-corrected chi connectivity index (χ3v) is 5.03. The number of ether oxygens (including phenoxy) is 2. The van der Waals surface area contributed by atoms with Crippen LogP contribution in [0.15, 0.2) is 42.5 Å². The summed E-state index contributed by atoms with van der Waals surface area (Å²) in [6, 6.07) is 11.7. The summed E-state index contributed by atoms with van der Waals surface area (Å²) >= 11 is 0. The molecule has 3 aromatic rings. The summed E-state index contributed by atoms with van der Waals surface area (Å²) in [4.78, 5) is 13.0. The molecule has 4 rings (SSSR count). The normalized spacial score (nSPS) is 12.5. The average molecular weight is 409 g/mol. The first-order valence-electron chi connectivity index (χ1n) is 10.2. The number of benzene rings is 2. The Labute approximate surface area is 174 Å². The summed E-state index contributed by atoms with van der Waals surface area (Å²) < 4.78 is 27.1. The molecule has 7 heteroatoms. The largest absolute Gasteiger partial charge is 0.490 e. The van der Waals surface area contributed by atoms with E-state index in [1.54, 1.807) is 41.1 Å². The van der Waals surface area contributed by atoms with Crippen LogP contribution in [0.1, 0.15) is 42.0 Å². The lowest BCUT2D eigenvalue weighted by Gasteiger charge is -2.13. The van der Waals surface area contributed by atoms with E-state index in [2.05, 4.69) is 10.4 Å². The van der Waals surface area contributed by atoms with Gasteiger partial charge < -0.3 is 14.8 Å². The highest BCUT2D eigenvalue weighted by Crippen LogP contribution is 2.32. The molecule has 30 heavy (non-hydrogen) atoms. The van der Waals surface area contributed by atoms with Crippen LogP contribution in [0.25, 0.3) is 5.69 Å². The SMILES string of the molecule is CCOc1ccc(NC(=O)c2nn(-c3ccccc3F)c3c2CCC3)cc1OCC. The monoisotopic (exact) mass is 409 g/mol. The van der Waals surface area contributed by atoms with Crippen LogP contribution in [0.5, 0.6) is 11.5 Å². The summed E-state index contributed by atoms with van der Waals surface area (Å²) in [5.41, 5.74) is 3.05. The Balaban J connectivity index is 1.64. The Morgan fingerprint density at radius 1 is 1.10 bits per heavy atom. The molecular weight excluding hydrogens is 385 g/mol. The minimum absolute atomic E-state index is 0.324. The van der Waals surface area contributed by atoms with Gasteiger partial charge in [-0.15, -0.1) is 0 Å². The number of hydrogen-bond acceptors (Lipinski definition) is 4. The number of anilines is 1. The Hall–Kier alpha value is -3.35. The number of aromatic nitrogens is 2. The second-order valence-electron chi connectivity index (χ2n) is 6.97. The summed E-state index contributed by atoms with van der Waals surface area (Å²) in [6.45, 7) is 4.79. The highest BCUT2D eigenvalue weighted by atomic mass is 19.1. The number of nitrogens with one attached hydrogen (secondary N) is 1. The maximum atomic E-state index is 14.3. The Kier molecular flexibility index (Phi) is 5.70. The molecule has 1 aliphatic carbocycles. The molecule has 1 aliphatic rings. The molecule has 156 valence electrons. The van der Waals surface area contributed by atoms with Gasteiger partial charge in [0.25, 0.3) is 5.91 Å². The summed E-state index contributed by atoms with van der Waals surface area (Å²) in [7, 11) is 0. The third kappa shape index (κ3) is 3.75. The van der Waals surface area contributed by atoms with Crippen LogP contribution < -0.4 is 14.8 Å². The molecule has 6 nitrogen and oxygen atoms in total. The average Bonchev–Trinajstić information content (AvgIpc) is 3.34. The van der Waals surface area contributed by atoms with Crippen molar-refractivity contribution in [2.75, 3.05) is 18.5 Å². The van der Waals surface area contributed by atoms with Crippen molar-refractivity contribution in [1.29, 1.82) is 0 Å². The van der Waals surface area contributed by atoms with Crippen LogP contribution in [0, 0.1) is 5.82 Å². The number of fused-ring (bicyclic) bond motifs is 1. The van der Waals surface area contributed by atoms with Crippen LogP contribution in [0.2, 0.25) is 0 Å². The van der Waals surface area contributed by atoms with Crippen molar-refractivity contribution in [2.24, 2.45) is 0 Å². The number of rotatable bonds is 7. The zero-order valence-electron chi connectivity index (χ0n) is 17.1. The molecule has 1 amide bonds. The zero-order chi connectivity index (χ0) is 21.1. The van der Waals surface area contributed by atoms with Crippen molar-refractivity contribution in [3.05, 3.63) is 65.2 Å². The molecule has 0 fully saturated rings. The first-order valence-corrected chi connectivity index (χ1v) is 10.2. The van der Waals surface area contributed by atoms with E-state index in [4.69, 9.17) is 9.47 Å². The van der Waals surface area contributed by atoms with Crippen LogP contribution in [0.4, 0.5) is 10.1 Å². The maximum Gasteiger partial charge on any atom is 0.276 e. The minimum Gasteiger partial charge on any atom is -0.490 e. The number of nitrogens with zero attached hydrogens (tertiary/aromatic N) is 2. The molecule has 0 bridgehead atoms. The fourth-order valence-electron chi connectivity index (χ4n) is 3.76. The van der Waals surface area contributed by atoms with Crippen LogP contribution in [0.3, 0.4) is 0 Å². The van der Waals surface area contributed by atoms with Crippen LogP contribution in [-0.4, -0.2) is 28.9 Å². The molecule has 1 N–H and O–H groups in total. The molecule has 0 saturated heterocycles. The highest BCUT2D eigenvalue weighted by Gasteiger charge is 2.28. The predicted octanol–water partition coefficient (Wildman–Crippen LogP) is 4.55. The molecular formula is C23H24FN3O3. The standard InChI is InChI=1S/C23H24FN3O3/c1-3-29-20-13-12-15(14-21(20)30-4-2)25-23(28)22-16-8-7-11-18(16)27(26-22)19-10-6-5-9-17(19)24/h5-6,9-10,12-14H,3-4,7-8,11H2,1-2H3,(H,25,28). The minimum atomic E-state index is -0.366. The van der Waals surface area contributed by atoms with Crippen LogP contribution >= 0.6 is 0 Å². The maximum absolute atomic E-state index is 14.3. The van der Waals surface area contributed by atoms with E-state index in [1.807, 2.05) is 13.8 Å². The van der Waals surface area contributed by atoms with Gasteiger partial charge in [-0.2, -0.15) is 5.10 Å². The van der Waals surface area contributed by atoms with Gasteiger partial charge in [-0.25, -0.2) is 9.07 Å². The van der Waals surface area contributed by atoms with Crippen molar-refractivity contribution in [3.63, 3.8) is 0 Å². The third-order valence-electron chi connectivity index (χ3n) is 5.03. The van der Waals surface area contributed by atoms with E-state index in [0.717, 1.165) is 30.5 Å². The van der Waals surface area contributed by atoms with Gasteiger partial charge in [0, 0.05) is 23.0 Å². The topological polar surface area (TPSA) is 65.4 Å². The van der Waals surface area contributed by atoms with E-state index in [0.29, 0.717) is 41.8 Å². The van der Waals surface area contributed by atoms with Crippen molar-refractivity contribution >= 4 is 11.6 Å². The van der Waals surface area contributed by atoms with E-state index in [-0.39, 0.29) is 11.7 Å². The fourth-order valence-corrected chi connectivity index (χ4v) is 3.76. The zero-order valence-corrected chi connectivity index (χ0v) is 17.1. The number of halogens is 1. The van der Waals surface area contributed by atoms with Gasteiger partial charge >= 0.3 is 0 Å². The van der Waals surface area contributed by atoms with Gasteiger partial charge in [-0.1, -0.05) is 12.1 Å². The first kappa shape index (κ1) is 19.9. The van der Waals surface area contributed by atoms with Crippen molar-refractivity contribution in [3.8, 4) is 17.2 Å². The Morgan fingerprint density at radius 2 is 1.87 bits per heavy atom. The number of para-hydroxylation sites is 1. The van der Waals surface area contributed by atoms with Gasteiger partial charge in [-0.3, -0.25) is 4.79 Å². The van der Waals surface area contributed by atoms with E-state index < -0.39 is 0 Å². The fraction of sp³-hybridized carbons (Fsp3) is 0.304. The smallest absolute Gasteiger partial charge is 0.276 e. The number of hydrogen-bond donors (Lipinski definition) is 1. The molecule has 0 unspecified atom stereocenters. The summed E-state index contributed by atoms with van der Waals surface area (Å²) in [6.07, 6.45) is 2.43. The molecule has 0 saturated carbocycles. The van der Waals surface area contributed by atoms with E-state index >= 15 is 0 Å². The molecule has 1 aromatic heterocycles. The summed E-state index contributed by atoms with van der Waals surface area (Å²) in [5, 5.41) is 7.36. The molecule has 2 aromatic carbocycles. The lowest BCUT2D eigenvalue weighted by atomic mass is 10.2. The molecule has 0 radical (unpaired) electrons. The second kappa shape index (κ2) is 8.57. The molecule has 1 heterocycles. The number of amides is 1. The molecule has 0 atom stereocenters. The van der Waals surface area contributed by atoms with Crippen molar-refractivity contribution < 1.29 is 18.7 Å². The quantitative estimate of drug-likeness (QED) is 0.622. The van der Waals surface area contributed by atoms with Gasteiger partial charge in [0.15, 0.2) is 17.2 Å². The summed E-state index contributed by atoms with van der Waals surface area (Å²) in [5.74, 6) is 0.505. The van der Waals surface area contributed by atoms with E-state index in [9.17, 15) is 9.18 Å². The van der Waals surface area contributed by atoms with Gasteiger partial charge in [0.05, 0.1) is 13.2 Å². The van der Waals surface area contributed by atoms with Gasteiger partial charge in [-0.05, 0) is 57.4 Å². The lowest BCUT2D eigenvalue weighted by Crippen LogP contribution is -2.15. The second-order valence-corrected chi connectivity index (χ2v) is 6.97. The first-order chi connectivity index (χ1) is 14.6. The number of carbonyl (C=O) groups is 1. The Bertz CT molecular complexity index is 1080. The Morgan fingerprint density at radius 3 is 2.63 bits per heavy atom. The van der Waals surface area contributed by atoms with Crippen molar-refractivity contribution in [1.82, 2.24) is 9.78 Å².